The fourth-order valence-corrected chi connectivity index (χ4v) is 4.97. The van der Waals surface area contributed by atoms with Crippen LogP contribution in [-0.4, -0.2) is 39.2 Å². The average Bonchev–Trinajstić information content (AvgIpc) is 3.32. The van der Waals surface area contributed by atoms with E-state index in [-0.39, 0.29) is 11.7 Å². The first-order valence-electron chi connectivity index (χ1n) is 12.0. The summed E-state index contributed by atoms with van der Waals surface area (Å²) in [4.78, 5) is 12.4. The van der Waals surface area contributed by atoms with E-state index in [2.05, 4.69) is 32.2 Å². The number of benzene rings is 2. The van der Waals surface area contributed by atoms with Crippen molar-refractivity contribution >= 4 is 35.5 Å². The lowest BCUT2D eigenvalue weighted by atomic mass is 9.95. The van der Waals surface area contributed by atoms with Crippen molar-refractivity contribution in [2.24, 2.45) is 5.10 Å². The van der Waals surface area contributed by atoms with Gasteiger partial charge in [0.15, 0.2) is 11.0 Å². The zero-order valence-electron chi connectivity index (χ0n) is 19.8. The SMILES string of the molecule is CCCOc1ccc(/C=N/NC(=O)CSc2nnc(-c3ccc(Cl)cc3)n2C2CCCCC2)cc1. The summed E-state index contributed by atoms with van der Waals surface area (Å²) in [6.07, 6.45) is 8.39. The maximum absolute atomic E-state index is 12.4. The first kappa shape index (κ1) is 25.3. The van der Waals surface area contributed by atoms with Gasteiger partial charge >= 0.3 is 0 Å². The largest absolute Gasteiger partial charge is 0.494 e. The molecule has 3 aromatic rings. The van der Waals surface area contributed by atoms with Crippen LogP contribution in [0.2, 0.25) is 5.02 Å². The lowest BCUT2D eigenvalue weighted by Crippen LogP contribution is -2.20. The number of carbonyl (C=O) groups is 1. The second-order valence-electron chi connectivity index (χ2n) is 8.47. The van der Waals surface area contributed by atoms with E-state index in [0.717, 1.165) is 47.1 Å². The van der Waals surface area contributed by atoms with Crippen LogP contribution >= 0.6 is 23.4 Å². The third-order valence-corrected chi connectivity index (χ3v) is 6.99. The Balaban J connectivity index is 1.38. The lowest BCUT2D eigenvalue weighted by Gasteiger charge is -2.25. The Bertz CT molecular complexity index is 1130. The van der Waals surface area contributed by atoms with Crippen molar-refractivity contribution in [2.45, 2.75) is 56.6 Å². The summed E-state index contributed by atoms with van der Waals surface area (Å²) in [5.74, 6) is 1.65. The molecule has 0 spiro atoms. The summed E-state index contributed by atoms with van der Waals surface area (Å²) in [6, 6.07) is 15.6. The zero-order chi connectivity index (χ0) is 24.5. The molecule has 0 saturated heterocycles. The topological polar surface area (TPSA) is 81.4 Å². The normalized spacial score (nSPS) is 14.3. The number of carbonyl (C=O) groups excluding carboxylic acids is 1. The van der Waals surface area contributed by atoms with Crippen LogP contribution in [0, 0.1) is 0 Å². The molecular weight excluding hydrogens is 482 g/mol. The number of nitrogens with zero attached hydrogens (tertiary/aromatic N) is 4. The predicted octanol–water partition coefficient (Wildman–Crippen LogP) is 6.13. The number of nitrogens with one attached hydrogen (secondary N) is 1. The predicted molar refractivity (Wildman–Crippen MR) is 141 cm³/mol. The highest BCUT2D eigenvalue weighted by atomic mass is 35.5. The van der Waals surface area contributed by atoms with Gasteiger partial charge in [-0.25, -0.2) is 5.43 Å². The van der Waals surface area contributed by atoms with Crippen LogP contribution in [0.25, 0.3) is 11.4 Å². The van der Waals surface area contributed by atoms with Crippen LogP contribution < -0.4 is 10.2 Å². The molecule has 2 aromatic carbocycles. The highest BCUT2D eigenvalue weighted by Gasteiger charge is 2.24. The Morgan fingerprint density at radius 1 is 1.14 bits per heavy atom. The minimum absolute atomic E-state index is 0.194. The van der Waals surface area contributed by atoms with Crippen molar-refractivity contribution in [3.63, 3.8) is 0 Å². The third-order valence-electron chi connectivity index (χ3n) is 5.79. The molecule has 1 amide bonds. The van der Waals surface area contributed by atoms with Gasteiger partial charge in [-0.05, 0) is 73.4 Å². The van der Waals surface area contributed by atoms with Crippen LogP contribution in [0.1, 0.15) is 57.1 Å². The van der Waals surface area contributed by atoms with Gasteiger partial charge in [0.05, 0.1) is 18.6 Å². The Morgan fingerprint density at radius 3 is 2.60 bits per heavy atom. The quantitative estimate of drug-likeness (QED) is 0.201. The molecule has 0 bridgehead atoms. The summed E-state index contributed by atoms with van der Waals surface area (Å²) >= 11 is 7.46. The molecule has 0 radical (unpaired) electrons. The molecule has 1 fully saturated rings. The molecule has 0 aliphatic heterocycles. The molecule has 9 heteroatoms. The van der Waals surface area contributed by atoms with E-state index >= 15 is 0 Å². The lowest BCUT2D eigenvalue weighted by molar-refractivity contribution is -0.118. The van der Waals surface area contributed by atoms with Crippen molar-refractivity contribution in [1.29, 1.82) is 0 Å². The number of amides is 1. The molecule has 1 aliphatic carbocycles. The van der Waals surface area contributed by atoms with Crippen molar-refractivity contribution in [3.05, 3.63) is 59.1 Å². The van der Waals surface area contributed by atoms with E-state index < -0.39 is 0 Å². The van der Waals surface area contributed by atoms with E-state index in [1.54, 1.807) is 6.21 Å². The van der Waals surface area contributed by atoms with E-state index in [9.17, 15) is 4.79 Å². The minimum atomic E-state index is -0.194. The van der Waals surface area contributed by atoms with Gasteiger partial charge in [-0.1, -0.05) is 49.5 Å². The van der Waals surface area contributed by atoms with Crippen molar-refractivity contribution < 1.29 is 9.53 Å². The molecule has 1 aromatic heterocycles. The summed E-state index contributed by atoms with van der Waals surface area (Å²) in [5.41, 5.74) is 4.45. The minimum Gasteiger partial charge on any atom is -0.494 e. The molecule has 1 heterocycles. The van der Waals surface area contributed by atoms with Crippen molar-refractivity contribution in [1.82, 2.24) is 20.2 Å². The van der Waals surface area contributed by atoms with E-state index in [1.807, 2.05) is 48.5 Å². The summed E-state index contributed by atoms with van der Waals surface area (Å²) < 4.78 is 7.78. The molecule has 0 unspecified atom stereocenters. The molecule has 0 atom stereocenters. The highest BCUT2D eigenvalue weighted by Crippen LogP contribution is 2.35. The van der Waals surface area contributed by atoms with Gasteiger partial charge in [-0.3, -0.25) is 9.36 Å². The maximum Gasteiger partial charge on any atom is 0.250 e. The molecule has 1 N–H and O–H groups in total. The van der Waals surface area contributed by atoms with Crippen molar-refractivity contribution in [2.75, 3.05) is 12.4 Å². The molecule has 184 valence electrons. The van der Waals surface area contributed by atoms with E-state index in [4.69, 9.17) is 16.3 Å². The van der Waals surface area contributed by atoms with Crippen LogP contribution in [0.4, 0.5) is 0 Å². The highest BCUT2D eigenvalue weighted by molar-refractivity contribution is 7.99. The fourth-order valence-electron chi connectivity index (χ4n) is 4.05. The molecular formula is C26H30ClN5O2S. The molecule has 4 rings (SSSR count). The first-order chi connectivity index (χ1) is 17.1. The monoisotopic (exact) mass is 511 g/mol. The Labute approximate surface area is 215 Å². The smallest absolute Gasteiger partial charge is 0.250 e. The van der Waals surface area contributed by atoms with Gasteiger partial charge in [-0.15, -0.1) is 10.2 Å². The first-order valence-corrected chi connectivity index (χ1v) is 13.4. The molecule has 7 nitrogen and oxygen atoms in total. The molecule has 1 aliphatic rings. The summed E-state index contributed by atoms with van der Waals surface area (Å²) in [6.45, 7) is 2.76. The molecule has 1 saturated carbocycles. The fraction of sp³-hybridized carbons (Fsp3) is 0.385. The second-order valence-corrected chi connectivity index (χ2v) is 9.85. The Kier molecular flexibility index (Phi) is 9.20. The van der Waals surface area contributed by atoms with Crippen LogP contribution in [0.15, 0.2) is 58.8 Å². The van der Waals surface area contributed by atoms with Gasteiger partial charge in [0.1, 0.15) is 5.75 Å². The standard InChI is InChI=1S/C26H30ClN5O2S/c1-2-16-34-23-14-8-19(9-15-23)17-28-29-24(33)18-35-26-31-30-25(20-10-12-21(27)13-11-20)32(26)22-6-4-3-5-7-22/h8-15,17,22H,2-7,16,18H2,1H3,(H,29,33)/b28-17+. The van der Waals surface area contributed by atoms with Gasteiger partial charge in [0, 0.05) is 16.6 Å². The number of halogens is 1. The zero-order valence-corrected chi connectivity index (χ0v) is 21.4. The van der Waals surface area contributed by atoms with Crippen molar-refractivity contribution in [3.8, 4) is 17.1 Å². The summed E-state index contributed by atoms with van der Waals surface area (Å²) in [7, 11) is 0. The number of rotatable bonds is 10. The number of hydrogen-bond acceptors (Lipinski definition) is 6. The third kappa shape index (κ3) is 7.08. The number of ether oxygens (including phenoxy) is 1. The Morgan fingerprint density at radius 2 is 1.89 bits per heavy atom. The van der Waals surface area contributed by atoms with Gasteiger partial charge < -0.3 is 4.74 Å². The second kappa shape index (κ2) is 12.7. The van der Waals surface area contributed by atoms with Gasteiger partial charge in [-0.2, -0.15) is 5.10 Å². The maximum atomic E-state index is 12.4. The van der Waals surface area contributed by atoms with E-state index in [1.165, 1.54) is 31.0 Å². The Hall–Kier alpha value is -2.84. The van der Waals surface area contributed by atoms with Gasteiger partial charge in [0.2, 0.25) is 0 Å². The van der Waals surface area contributed by atoms with Crippen LogP contribution in [0.5, 0.6) is 5.75 Å². The van der Waals surface area contributed by atoms with E-state index in [0.29, 0.717) is 17.7 Å². The number of thioether (sulfide) groups is 1. The average molecular weight is 512 g/mol. The summed E-state index contributed by atoms with van der Waals surface area (Å²) in [5, 5.41) is 14.4. The van der Waals surface area contributed by atoms with Crippen LogP contribution in [0.3, 0.4) is 0 Å². The van der Waals surface area contributed by atoms with Crippen LogP contribution in [-0.2, 0) is 4.79 Å². The van der Waals surface area contributed by atoms with Gasteiger partial charge in [0.25, 0.3) is 5.91 Å². The number of hydrogen-bond donors (Lipinski definition) is 1. The number of hydrazone groups is 1. The molecule has 35 heavy (non-hydrogen) atoms. The number of aromatic nitrogens is 3.